The van der Waals surface area contributed by atoms with Crippen LogP contribution in [0.15, 0.2) is 22.8 Å². The predicted octanol–water partition coefficient (Wildman–Crippen LogP) is 1.77. The molecule has 0 radical (unpaired) electrons. The lowest BCUT2D eigenvalue weighted by Gasteiger charge is -2.48. The zero-order valence-corrected chi connectivity index (χ0v) is 10.9. The van der Waals surface area contributed by atoms with Gasteiger partial charge in [0, 0.05) is 6.54 Å². The first-order valence-electron chi connectivity index (χ1n) is 5.92. The van der Waals surface area contributed by atoms with Crippen molar-refractivity contribution in [2.45, 2.75) is 45.3 Å². The van der Waals surface area contributed by atoms with E-state index in [-0.39, 0.29) is 11.4 Å². The summed E-state index contributed by atoms with van der Waals surface area (Å²) in [5, 5.41) is 3.29. The van der Waals surface area contributed by atoms with Crippen molar-refractivity contribution in [3.05, 3.63) is 24.2 Å². The van der Waals surface area contributed by atoms with E-state index >= 15 is 0 Å². The number of hydrogen-bond donors (Lipinski definition) is 1. The van der Waals surface area contributed by atoms with Crippen molar-refractivity contribution in [2.24, 2.45) is 0 Å². The summed E-state index contributed by atoms with van der Waals surface area (Å²) in [6, 6.07) is 3.75. The maximum absolute atomic E-state index is 12.4. The van der Waals surface area contributed by atoms with Crippen LogP contribution in [0.1, 0.15) is 33.5 Å². The van der Waals surface area contributed by atoms with Crippen LogP contribution in [0.4, 0.5) is 0 Å². The molecule has 17 heavy (non-hydrogen) atoms. The number of nitrogens with one attached hydrogen (secondary N) is 1. The summed E-state index contributed by atoms with van der Waals surface area (Å²) in [6.45, 7) is 9.28. The number of hydrogen-bond acceptors (Lipinski definition) is 3. The molecule has 0 aliphatic carbocycles. The highest BCUT2D eigenvalue weighted by atomic mass is 16.3. The lowest BCUT2D eigenvalue weighted by atomic mass is 9.90. The molecule has 0 bridgehead atoms. The minimum atomic E-state index is -0.498. The Labute approximate surface area is 102 Å². The lowest BCUT2D eigenvalue weighted by Crippen LogP contribution is -2.68. The van der Waals surface area contributed by atoms with Gasteiger partial charge < -0.3 is 14.6 Å². The largest absolute Gasteiger partial charge is 0.467 e. The molecule has 0 aromatic carbocycles. The second-order valence-electron chi connectivity index (χ2n) is 5.76. The lowest BCUT2D eigenvalue weighted by molar-refractivity contribution is -0.149. The molecule has 1 saturated heterocycles. The van der Waals surface area contributed by atoms with Crippen molar-refractivity contribution in [3.63, 3.8) is 0 Å². The van der Waals surface area contributed by atoms with Gasteiger partial charge in [-0.1, -0.05) is 0 Å². The molecule has 4 heteroatoms. The summed E-state index contributed by atoms with van der Waals surface area (Å²) >= 11 is 0. The van der Waals surface area contributed by atoms with Crippen molar-refractivity contribution in [3.8, 4) is 0 Å². The molecule has 1 N–H and O–H groups in total. The Morgan fingerprint density at radius 1 is 1.41 bits per heavy atom. The summed E-state index contributed by atoms with van der Waals surface area (Å²) in [4.78, 5) is 14.3. The van der Waals surface area contributed by atoms with Crippen LogP contribution >= 0.6 is 0 Å². The third kappa shape index (κ3) is 2.22. The van der Waals surface area contributed by atoms with E-state index in [1.54, 1.807) is 6.26 Å². The van der Waals surface area contributed by atoms with Crippen LogP contribution in [0.25, 0.3) is 0 Å². The molecule has 1 fully saturated rings. The van der Waals surface area contributed by atoms with E-state index < -0.39 is 5.54 Å². The third-order valence-electron chi connectivity index (χ3n) is 3.37. The molecule has 0 spiro atoms. The molecule has 0 unspecified atom stereocenters. The number of rotatable bonds is 2. The Balaban J connectivity index is 2.24. The van der Waals surface area contributed by atoms with E-state index in [9.17, 15) is 4.79 Å². The van der Waals surface area contributed by atoms with Crippen LogP contribution in [0, 0.1) is 0 Å². The van der Waals surface area contributed by atoms with Crippen molar-refractivity contribution in [2.75, 3.05) is 6.54 Å². The fourth-order valence-electron chi connectivity index (χ4n) is 2.06. The first-order chi connectivity index (χ1) is 7.83. The molecule has 0 saturated carbocycles. The van der Waals surface area contributed by atoms with Crippen LogP contribution in [-0.4, -0.2) is 28.4 Å². The molecular formula is C13H20N2O2. The standard InChI is InChI=1S/C13H20N2O2/c1-12(2)9-14-13(3,4)11(16)15(12)8-10-6-5-7-17-10/h5-7,14H,8-9H2,1-4H3. The van der Waals surface area contributed by atoms with Gasteiger partial charge in [-0.15, -0.1) is 0 Å². The summed E-state index contributed by atoms with van der Waals surface area (Å²) in [6.07, 6.45) is 1.64. The number of amides is 1. The van der Waals surface area contributed by atoms with Gasteiger partial charge >= 0.3 is 0 Å². The average molecular weight is 236 g/mol. The van der Waals surface area contributed by atoms with E-state index in [1.165, 1.54) is 0 Å². The highest BCUT2D eigenvalue weighted by molar-refractivity contribution is 5.87. The first kappa shape index (κ1) is 12.2. The van der Waals surface area contributed by atoms with Gasteiger partial charge in [0.05, 0.1) is 23.9 Å². The minimum absolute atomic E-state index is 0.116. The Kier molecular flexibility index (Phi) is 2.78. The number of piperazine rings is 1. The van der Waals surface area contributed by atoms with Crippen LogP contribution < -0.4 is 5.32 Å². The Bertz CT molecular complexity index is 407. The monoisotopic (exact) mass is 236 g/mol. The van der Waals surface area contributed by atoms with Gasteiger partial charge in [-0.3, -0.25) is 4.79 Å². The average Bonchev–Trinajstić information content (AvgIpc) is 2.73. The Morgan fingerprint density at radius 2 is 2.12 bits per heavy atom. The summed E-state index contributed by atoms with van der Waals surface area (Å²) < 4.78 is 5.33. The third-order valence-corrected chi connectivity index (χ3v) is 3.37. The van der Waals surface area contributed by atoms with Gasteiger partial charge in [-0.2, -0.15) is 0 Å². The first-order valence-corrected chi connectivity index (χ1v) is 5.92. The van der Waals surface area contributed by atoms with Crippen LogP contribution in [0.3, 0.4) is 0 Å². The molecule has 94 valence electrons. The molecule has 2 rings (SSSR count). The van der Waals surface area contributed by atoms with Gasteiger partial charge in [0.1, 0.15) is 5.76 Å². The van der Waals surface area contributed by atoms with Gasteiger partial charge in [-0.25, -0.2) is 0 Å². The van der Waals surface area contributed by atoms with Crippen LogP contribution in [0.5, 0.6) is 0 Å². The molecule has 1 amide bonds. The van der Waals surface area contributed by atoms with E-state index in [0.717, 1.165) is 12.3 Å². The number of furan rings is 1. The SMILES string of the molecule is CC1(C)NCC(C)(C)N(Cc2ccco2)C1=O. The maximum Gasteiger partial charge on any atom is 0.243 e. The van der Waals surface area contributed by atoms with E-state index in [1.807, 2.05) is 30.9 Å². The van der Waals surface area contributed by atoms with Crippen LogP contribution in [-0.2, 0) is 11.3 Å². The summed E-state index contributed by atoms with van der Waals surface area (Å²) in [5.74, 6) is 0.939. The molecule has 1 aliphatic rings. The molecular weight excluding hydrogens is 216 g/mol. The topological polar surface area (TPSA) is 45.5 Å². The van der Waals surface area contributed by atoms with Crippen molar-refractivity contribution in [1.82, 2.24) is 10.2 Å². The van der Waals surface area contributed by atoms with Gasteiger partial charge in [0.25, 0.3) is 0 Å². The highest BCUT2D eigenvalue weighted by Crippen LogP contribution is 2.26. The second kappa shape index (κ2) is 3.88. The normalized spacial score (nSPS) is 22.8. The summed E-state index contributed by atoms with van der Waals surface area (Å²) in [7, 11) is 0. The van der Waals surface area contributed by atoms with Crippen molar-refractivity contribution >= 4 is 5.91 Å². The second-order valence-corrected chi connectivity index (χ2v) is 5.76. The van der Waals surface area contributed by atoms with Gasteiger partial charge in [0.15, 0.2) is 0 Å². The minimum Gasteiger partial charge on any atom is -0.467 e. The van der Waals surface area contributed by atoms with Gasteiger partial charge in [0.2, 0.25) is 5.91 Å². The van der Waals surface area contributed by atoms with Gasteiger partial charge in [-0.05, 0) is 39.8 Å². The fraction of sp³-hybridized carbons (Fsp3) is 0.615. The number of nitrogens with zero attached hydrogens (tertiary/aromatic N) is 1. The predicted molar refractivity (Wildman–Crippen MR) is 65.4 cm³/mol. The summed E-state index contributed by atoms with van der Waals surface area (Å²) in [5.41, 5.74) is -0.693. The molecule has 1 aromatic heterocycles. The fourth-order valence-corrected chi connectivity index (χ4v) is 2.06. The zero-order chi connectivity index (χ0) is 12.7. The highest BCUT2D eigenvalue weighted by Gasteiger charge is 2.44. The number of carbonyl (C=O) groups excluding carboxylic acids is 1. The quantitative estimate of drug-likeness (QED) is 0.851. The molecule has 4 nitrogen and oxygen atoms in total. The molecule has 0 atom stereocenters. The van der Waals surface area contributed by atoms with Crippen LogP contribution in [0.2, 0.25) is 0 Å². The number of carbonyl (C=O) groups is 1. The molecule has 1 aromatic rings. The maximum atomic E-state index is 12.4. The smallest absolute Gasteiger partial charge is 0.243 e. The van der Waals surface area contributed by atoms with E-state index in [0.29, 0.717) is 6.54 Å². The zero-order valence-electron chi connectivity index (χ0n) is 10.9. The Morgan fingerprint density at radius 3 is 2.71 bits per heavy atom. The Hall–Kier alpha value is -1.29. The van der Waals surface area contributed by atoms with Crippen molar-refractivity contribution in [1.29, 1.82) is 0 Å². The molecule has 2 heterocycles. The molecule has 1 aliphatic heterocycles. The van der Waals surface area contributed by atoms with Crippen molar-refractivity contribution < 1.29 is 9.21 Å². The van der Waals surface area contributed by atoms with E-state index in [4.69, 9.17) is 4.42 Å². The van der Waals surface area contributed by atoms with E-state index in [2.05, 4.69) is 19.2 Å².